The molecule has 3 aliphatic rings. The van der Waals surface area contributed by atoms with Crippen LogP contribution in [0.5, 0.6) is 0 Å². The van der Waals surface area contributed by atoms with Crippen LogP contribution >= 0.6 is 0 Å². The minimum Gasteiger partial charge on any atom is -0.394 e. The molecule has 1 spiro atoms. The number of aliphatic imine (C=N–C) groups is 1. The lowest BCUT2D eigenvalue weighted by Gasteiger charge is -2.34. The van der Waals surface area contributed by atoms with E-state index in [4.69, 9.17) is 15.8 Å². The van der Waals surface area contributed by atoms with E-state index in [2.05, 4.69) is 12.2 Å². The first-order valence-electron chi connectivity index (χ1n) is 13.9. The molecule has 2 aliphatic heterocycles. The minimum absolute atomic E-state index is 0.114. The van der Waals surface area contributed by atoms with Crippen LogP contribution in [0.25, 0.3) is 6.08 Å². The van der Waals surface area contributed by atoms with Gasteiger partial charge in [-0.2, -0.15) is 4.31 Å². The van der Waals surface area contributed by atoms with Crippen molar-refractivity contribution in [1.82, 2.24) is 9.62 Å². The van der Waals surface area contributed by atoms with E-state index >= 15 is 0 Å². The summed E-state index contributed by atoms with van der Waals surface area (Å²) in [6.07, 6.45) is 5.37. The third kappa shape index (κ3) is 6.40. The van der Waals surface area contributed by atoms with Crippen molar-refractivity contribution in [2.45, 2.75) is 70.9 Å². The van der Waals surface area contributed by atoms with E-state index in [9.17, 15) is 23.1 Å². The number of sulfonamides is 1. The lowest BCUT2D eigenvalue weighted by molar-refractivity contribution is -0.125. The molecule has 0 unspecified atom stereocenters. The Bertz CT molecular complexity index is 1270. The average molecular weight is 576 g/mol. The predicted octanol–water partition coefficient (Wildman–Crippen LogP) is 2.03. The van der Waals surface area contributed by atoms with Crippen LogP contribution < -0.4 is 16.0 Å². The molecule has 0 bridgehead atoms. The number of nitrogens with two attached hydrogens (primary N) is 1. The number of nitrogens with one attached hydrogen (secondary N) is 1. The number of hydrogen-bond donors (Lipinski definition) is 4. The van der Waals surface area contributed by atoms with Gasteiger partial charge in [0, 0.05) is 30.1 Å². The van der Waals surface area contributed by atoms with Gasteiger partial charge in [-0.05, 0) is 80.3 Å². The van der Waals surface area contributed by atoms with Crippen molar-refractivity contribution in [1.29, 1.82) is 0 Å². The van der Waals surface area contributed by atoms with Gasteiger partial charge in [-0.3, -0.25) is 14.7 Å². The number of nitrogens with zero attached hydrogens (tertiary/aromatic N) is 3. The lowest BCUT2D eigenvalue weighted by Crippen LogP contribution is -2.50. The monoisotopic (exact) mass is 575 g/mol. The molecular weight excluding hydrogens is 534 g/mol. The van der Waals surface area contributed by atoms with Crippen LogP contribution in [0.4, 0.5) is 10.5 Å². The topological polar surface area (TPSA) is 166 Å². The van der Waals surface area contributed by atoms with Crippen LogP contribution in [-0.4, -0.2) is 78.6 Å². The molecule has 40 heavy (non-hydrogen) atoms. The number of carbonyl (C=O) groups is 2. The number of aliphatic hydroxyl groups excluding tert-OH is 2. The normalized spacial score (nSPS) is 24.2. The van der Waals surface area contributed by atoms with Gasteiger partial charge in [0.05, 0.1) is 19.3 Å². The van der Waals surface area contributed by atoms with E-state index in [1.807, 2.05) is 0 Å². The Labute approximate surface area is 236 Å². The van der Waals surface area contributed by atoms with Crippen LogP contribution in [0.3, 0.4) is 0 Å². The van der Waals surface area contributed by atoms with E-state index in [-0.39, 0.29) is 31.5 Å². The van der Waals surface area contributed by atoms with E-state index in [0.29, 0.717) is 41.1 Å². The Balaban J connectivity index is 1.44. The molecule has 1 aromatic carbocycles. The molecule has 1 saturated heterocycles. The zero-order valence-electron chi connectivity index (χ0n) is 23.5. The maximum absolute atomic E-state index is 13.2. The Morgan fingerprint density at radius 2 is 1.82 bits per heavy atom. The summed E-state index contributed by atoms with van der Waals surface area (Å²) < 4.78 is 27.8. The van der Waals surface area contributed by atoms with Crippen LogP contribution in [0.1, 0.15) is 62.1 Å². The number of carbonyl (C=O) groups excluding carboxylic acids is 2. The number of aliphatic hydroxyl groups is 2. The molecule has 0 aromatic heterocycles. The Kier molecular flexibility index (Phi) is 9.03. The first-order valence-corrected chi connectivity index (χ1v) is 15.4. The van der Waals surface area contributed by atoms with Crippen molar-refractivity contribution in [3.63, 3.8) is 0 Å². The molecule has 0 radical (unpaired) electrons. The van der Waals surface area contributed by atoms with Gasteiger partial charge in [0.2, 0.25) is 10.0 Å². The van der Waals surface area contributed by atoms with Crippen molar-refractivity contribution in [3.8, 4) is 0 Å². The van der Waals surface area contributed by atoms with Crippen LogP contribution in [0.2, 0.25) is 0 Å². The summed E-state index contributed by atoms with van der Waals surface area (Å²) in [6.45, 7) is 5.54. The number of primary amides is 1. The molecule has 2 fully saturated rings. The molecule has 1 aromatic rings. The van der Waals surface area contributed by atoms with Crippen LogP contribution in [0, 0.1) is 25.7 Å². The highest BCUT2D eigenvalue weighted by atomic mass is 32.2. The zero-order chi connectivity index (χ0) is 29.2. The smallest absolute Gasteiger partial charge is 0.319 e. The number of urea groups is 1. The largest absolute Gasteiger partial charge is 0.394 e. The SMILES string of the molecule is Cc1cc(N(C[C@H](O)CO)C(N)=O)cc(C)c1C=CS(=O)(=O)N1CCC2(CC1)N=C(C1CCC(C)CC1)NC2=O. The third-order valence-electron chi connectivity index (χ3n) is 8.48. The standard InChI is InChI=1S/C28H41N5O6S/c1-18-4-6-21(7-5-18)25-30-26(36)28(31-25)9-11-32(12-10-28)40(38,39)13-8-24-19(2)14-22(15-20(24)3)33(27(29)37)16-23(35)17-34/h8,13-15,18,21,23,34-35H,4-7,9-12,16-17H2,1-3H3,(H2,29,37)(H,30,31,36)/t18?,21?,23-/m0/s1. The third-order valence-corrected chi connectivity index (χ3v) is 10.0. The van der Waals surface area contributed by atoms with Crippen molar-refractivity contribution in [2.75, 3.05) is 31.1 Å². The maximum Gasteiger partial charge on any atom is 0.319 e. The van der Waals surface area contributed by atoms with Crippen molar-refractivity contribution >= 4 is 39.6 Å². The summed E-state index contributed by atoms with van der Waals surface area (Å²) in [6, 6.07) is 2.58. The number of amides is 3. The number of aryl methyl sites for hydroxylation is 2. The van der Waals surface area contributed by atoms with E-state index in [1.54, 1.807) is 26.0 Å². The molecule has 1 atom stereocenters. The highest BCUT2D eigenvalue weighted by Gasteiger charge is 2.48. The van der Waals surface area contributed by atoms with E-state index < -0.39 is 34.3 Å². The Morgan fingerprint density at radius 3 is 2.38 bits per heavy atom. The van der Waals surface area contributed by atoms with E-state index in [1.165, 1.54) is 15.8 Å². The fraction of sp³-hybridized carbons (Fsp3) is 0.607. The predicted molar refractivity (Wildman–Crippen MR) is 154 cm³/mol. The molecule has 1 aliphatic carbocycles. The number of benzene rings is 1. The fourth-order valence-corrected chi connectivity index (χ4v) is 7.09. The number of hydrogen-bond acceptors (Lipinski definition) is 7. The molecule has 2 heterocycles. The van der Waals surface area contributed by atoms with Crippen LogP contribution in [0.15, 0.2) is 22.5 Å². The molecule has 220 valence electrons. The first-order chi connectivity index (χ1) is 18.8. The Morgan fingerprint density at radius 1 is 1.23 bits per heavy atom. The second kappa shape index (κ2) is 12.0. The Hall–Kier alpha value is -2.80. The summed E-state index contributed by atoms with van der Waals surface area (Å²) in [4.78, 5) is 30.9. The van der Waals surface area contributed by atoms with Gasteiger partial charge in [0.25, 0.3) is 5.91 Å². The van der Waals surface area contributed by atoms with Gasteiger partial charge >= 0.3 is 6.03 Å². The fourth-order valence-electron chi connectivity index (χ4n) is 5.92. The summed E-state index contributed by atoms with van der Waals surface area (Å²) in [7, 11) is -3.75. The summed E-state index contributed by atoms with van der Waals surface area (Å²) >= 11 is 0. The van der Waals surface area contributed by atoms with Gasteiger partial charge in [0.1, 0.15) is 11.4 Å². The molecule has 3 amide bonds. The number of anilines is 1. The molecule has 1 saturated carbocycles. The summed E-state index contributed by atoms with van der Waals surface area (Å²) in [5.41, 5.74) is 7.14. The maximum atomic E-state index is 13.2. The van der Waals surface area contributed by atoms with Crippen molar-refractivity contribution in [3.05, 3.63) is 34.2 Å². The van der Waals surface area contributed by atoms with Crippen LogP contribution in [-0.2, 0) is 14.8 Å². The molecule has 11 nitrogen and oxygen atoms in total. The van der Waals surface area contributed by atoms with Gasteiger partial charge < -0.3 is 21.3 Å². The number of amidine groups is 1. The van der Waals surface area contributed by atoms with Gasteiger partial charge in [-0.15, -0.1) is 0 Å². The average Bonchev–Trinajstić information content (AvgIpc) is 3.21. The minimum atomic E-state index is -3.75. The van der Waals surface area contributed by atoms with Crippen molar-refractivity contribution in [2.24, 2.45) is 22.6 Å². The van der Waals surface area contributed by atoms with Gasteiger partial charge in [0.15, 0.2) is 0 Å². The molecule has 12 heteroatoms. The summed E-state index contributed by atoms with van der Waals surface area (Å²) in [5.74, 6) is 1.64. The van der Waals surface area contributed by atoms with Gasteiger partial charge in [-0.1, -0.05) is 19.8 Å². The highest BCUT2D eigenvalue weighted by Crippen LogP contribution is 2.36. The molecular formula is C28H41N5O6S. The lowest BCUT2D eigenvalue weighted by atomic mass is 9.82. The molecule has 5 N–H and O–H groups in total. The summed E-state index contributed by atoms with van der Waals surface area (Å²) in [5, 5.41) is 23.1. The van der Waals surface area contributed by atoms with E-state index in [0.717, 1.165) is 36.4 Å². The number of rotatable bonds is 8. The number of piperidine rings is 1. The highest BCUT2D eigenvalue weighted by molar-refractivity contribution is 7.92. The first kappa shape index (κ1) is 30.2. The second-order valence-corrected chi connectivity index (χ2v) is 13.3. The molecule has 4 rings (SSSR count). The van der Waals surface area contributed by atoms with Crippen molar-refractivity contribution < 1.29 is 28.2 Å². The van der Waals surface area contributed by atoms with Gasteiger partial charge in [-0.25, -0.2) is 13.2 Å². The zero-order valence-corrected chi connectivity index (χ0v) is 24.3. The second-order valence-electron chi connectivity index (χ2n) is 11.5. The quantitative estimate of drug-likeness (QED) is 0.370.